The van der Waals surface area contributed by atoms with Gasteiger partial charge < -0.3 is 14.7 Å². The highest BCUT2D eigenvalue weighted by molar-refractivity contribution is 7.89. The monoisotopic (exact) mass is 448 g/mol. The number of benzene rings is 2. The Balaban J connectivity index is 1.33. The second-order valence-corrected chi connectivity index (χ2v) is 8.58. The van der Waals surface area contributed by atoms with Crippen LogP contribution in [0.4, 0.5) is 5.69 Å². The van der Waals surface area contributed by atoms with E-state index in [9.17, 15) is 13.2 Å². The second kappa shape index (κ2) is 9.46. The van der Waals surface area contributed by atoms with Gasteiger partial charge in [0.25, 0.3) is 0 Å². The van der Waals surface area contributed by atoms with Crippen molar-refractivity contribution in [1.82, 2.24) is 14.7 Å². The van der Waals surface area contributed by atoms with Crippen LogP contribution in [0.2, 0.25) is 0 Å². The van der Waals surface area contributed by atoms with Crippen LogP contribution < -0.4 is 10.0 Å². The maximum absolute atomic E-state index is 12.4. The number of aromatic nitrogens is 2. The van der Waals surface area contributed by atoms with Crippen LogP contribution in [0.25, 0.3) is 17.5 Å². The highest BCUT2D eigenvalue weighted by Gasteiger charge is 2.14. The van der Waals surface area contributed by atoms with Crippen molar-refractivity contribution in [3.8, 4) is 11.4 Å². The number of nitrogens with one attached hydrogen (secondary N) is 3. The number of aromatic amines is 1. The molecule has 9 heteroatoms. The van der Waals surface area contributed by atoms with Gasteiger partial charge in [0.05, 0.1) is 17.7 Å². The molecule has 0 fully saturated rings. The van der Waals surface area contributed by atoms with Crippen LogP contribution in [-0.2, 0) is 21.4 Å². The SMILES string of the molecule is O=C(/C=C/c1ccc(S(=O)(=O)NCc2ccco2)cc1)Nc1ccc(-c2ncc[nH]2)cc1. The summed E-state index contributed by atoms with van der Waals surface area (Å²) in [6, 6.07) is 16.9. The number of furan rings is 1. The summed E-state index contributed by atoms with van der Waals surface area (Å²) in [4.78, 5) is 19.5. The summed E-state index contributed by atoms with van der Waals surface area (Å²) in [7, 11) is -3.67. The summed E-state index contributed by atoms with van der Waals surface area (Å²) in [6.07, 6.45) is 7.90. The Bertz CT molecular complexity index is 1290. The largest absolute Gasteiger partial charge is 0.468 e. The number of hydrogen-bond donors (Lipinski definition) is 3. The van der Waals surface area contributed by atoms with Gasteiger partial charge in [-0.1, -0.05) is 12.1 Å². The van der Waals surface area contributed by atoms with Crippen LogP contribution in [0.1, 0.15) is 11.3 Å². The Morgan fingerprint density at radius 2 is 1.84 bits per heavy atom. The summed E-state index contributed by atoms with van der Waals surface area (Å²) in [6.45, 7) is 0.0691. The molecule has 4 aromatic rings. The molecule has 0 aliphatic heterocycles. The van der Waals surface area contributed by atoms with Crippen LogP contribution in [0.3, 0.4) is 0 Å². The maximum Gasteiger partial charge on any atom is 0.248 e. The molecule has 0 spiro atoms. The van der Waals surface area contributed by atoms with Crippen molar-refractivity contribution in [1.29, 1.82) is 0 Å². The van der Waals surface area contributed by atoms with E-state index >= 15 is 0 Å². The zero-order valence-electron chi connectivity index (χ0n) is 16.9. The number of anilines is 1. The first-order valence-corrected chi connectivity index (χ1v) is 11.2. The Kier molecular flexibility index (Phi) is 6.29. The van der Waals surface area contributed by atoms with E-state index in [1.165, 1.54) is 24.5 Å². The van der Waals surface area contributed by atoms with Gasteiger partial charge in [-0.05, 0) is 60.2 Å². The molecule has 8 nitrogen and oxygen atoms in total. The lowest BCUT2D eigenvalue weighted by molar-refractivity contribution is -0.111. The molecule has 1 amide bonds. The first kappa shape index (κ1) is 21.3. The standard InChI is InChI=1S/C23H20N4O4S/c28-22(27-19-8-6-18(7-9-19)23-24-13-14-25-23)12-5-17-3-10-21(11-4-17)32(29,30)26-16-20-2-1-15-31-20/h1-15,26H,16H2,(H,24,25)(H,27,28)/b12-5+. The highest BCUT2D eigenvalue weighted by Crippen LogP contribution is 2.18. The van der Waals surface area contributed by atoms with Gasteiger partial charge in [0.2, 0.25) is 15.9 Å². The topological polar surface area (TPSA) is 117 Å². The first-order valence-electron chi connectivity index (χ1n) is 9.71. The number of sulfonamides is 1. The lowest BCUT2D eigenvalue weighted by atomic mass is 10.2. The number of nitrogens with zero attached hydrogens (tertiary/aromatic N) is 1. The summed E-state index contributed by atoms with van der Waals surface area (Å²) in [5.74, 6) is 0.978. The van der Waals surface area contributed by atoms with E-state index in [1.807, 2.05) is 12.1 Å². The fourth-order valence-electron chi connectivity index (χ4n) is 2.91. The first-order chi connectivity index (χ1) is 15.5. The van der Waals surface area contributed by atoms with E-state index in [1.54, 1.807) is 54.9 Å². The van der Waals surface area contributed by atoms with Crippen molar-refractivity contribution < 1.29 is 17.6 Å². The van der Waals surface area contributed by atoms with Crippen LogP contribution in [0.15, 0.2) is 94.7 Å². The summed E-state index contributed by atoms with van der Waals surface area (Å²) in [5, 5.41) is 2.78. The normalized spacial score (nSPS) is 11.6. The lowest BCUT2D eigenvalue weighted by Crippen LogP contribution is -2.22. The van der Waals surface area contributed by atoms with E-state index in [0.717, 1.165) is 11.4 Å². The quantitative estimate of drug-likeness (QED) is 0.355. The van der Waals surface area contributed by atoms with Gasteiger partial charge in [0.15, 0.2) is 0 Å². The second-order valence-electron chi connectivity index (χ2n) is 6.81. The van der Waals surface area contributed by atoms with Crippen molar-refractivity contribution in [3.05, 3.63) is 96.7 Å². The number of H-pyrrole nitrogens is 1. The molecule has 162 valence electrons. The van der Waals surface area contributed by atoms with Crippen molar-refractivity contribution in [2.24, 2.45) is 0 Å². The van der Waals surface area contributed by atoms with Gasteiger partial charge in [0.1, 0.15) is 11.6 Å². The third-order valence-corrected chi connectivity index (χ3v) is 5.98. The van der Waals surface area contributed by atoms with Gasteiger partial charge in [-0.2, -0.15) is 0 Å². The zero-order chi connectivity index (χ0) is 22.4. The van der Waals surface area contributed by atoms with Crippen molar-refractivity contribution in [2.75, 3.05) is 5.32 Å². The predicted molar refractivity (Wildman–Crippen MR) is 121 cm³/mol. The van der Waals surface area contributed by atoms with Crippen LogP contribution in [0, 0.1) is 0 Å². The van der Waals surface area contributed by atoms with E-state index < -0.39 is 10.0 Å². The molecule has 2 aromatic heterocycles. The van der Waals surface area contributed by atoms with E-state index in [4.69, 9.17) is 4.42 Å². The molecule has 4 rings (SSSR count). The van der Waals surface area contributed by atoms with Crippen LogP contribution in [-0.4, -0.2) is 24.3 Å². The molecule has 0 saturated carbocycles. The molecule has 0 aliphatic rings. The fourth-order valence-corrected chi connectivity index (χ4v) is 3.90. The minimum Gasteiger partial charge on any atom is -0.468 e. The summed E-state index contributed by atoms with van der Waals surface area (Å²) >= 11 is 0. The molecule has 32 heavy (non-hydrogen) atoms. The number of imidazole rings is 1. The average Bonchev–Trinajstić information content (AvgIpc) is 3.52. The number of carbonyl (C=O) groups is 1. The van der Waals surface area contributed by atoms with Gasteiger partial charge in [-0.25, -0.2) is 18.1 Å². The number of carbonyl (C=O) groups excluding carboxylic acids is 1. The molecule has 2 heterocycles. The Hall–Kier alpha value is -3.95. The van der Waals surface area contributed by atoms with Crippen LogP contribution in [0.5, 0.6) is 0 Å². The Morgan fingerprint density at radius 1 is 1.06 bits per heavy atom. The minimum absolute atomic E-state index is 0.0691. The maximum atomic E-state index is 12.4. The molecular weight excluding hydrogens is 428 g/mol. The highest BCUT2D eigenvalue weighted by atomic mass is 32.2. The van der Waals surface area contributed by atoms with E-state index in [2.05, 4.69) is 20.0 Å². The zero-order valence-corrected chi connectivity index (χ0v) is 17.7. The molecule has 0 aliphatic carbocycles. The van der Waals surface area contributed by atoms with Gasteiger partial charge in [-0.15, -0.1) is 0 Å². The molecule has 0 unspecified atom stereocenters. The fraction of sp³-hybridized carbons (Fsp3) is 0.0435. The number of amides is 1. The molecule has 0 bridgehead atoms. The van der Waals surface area contributed by atoms with E-state index in [-0.39, 0.29) is 17.3 Å². The van der Waals surface area contributed by atoms with Crippen molar-refractivity contribution in [2.45, 2.75) is 11.4 Å². The third-order valence-electron chi connectivity index (χ3n) is 4.56. The van der Waals surface area contributed by atoms with E-state index in [0.29, 0.717) is 17.0 Å². The molecule has 3 N–H and O–H groups in total. The third kappa shape index (κ3) is 5.39. The van der Waals surface area contributed by atoms with Crippen LogP contribution >= 0.6 is 0 Å². The number of hydrogen-bond acceptors (Lipinski definition) is 5. The summed E-state index contributed by atoms with van der Waals surface area (Å²) < 4.78 is 32.3. The smallest absolute Gasteiger partial charge is 0.248 e. The molecule has 2 aromatic carbocycles. The molecule has 0 saturated heterocycles. The van der Waals surface area contributed by atoms with Crippen molar-refractivity contribution in [3.63, 3.8) is 0 Å². The molecule has 0 radical (unpaired) electrons. The average molecular weight is 449 g/mol. The minimum atomic E-state index is -3.67. The van der Waals surface area contributed by atoms with Gasteiger partial charge >= 0.3 is 0 Å². The number of rotatable bonds is 8. The Labute approximate surface area is 185 Å². The van der Waals surface area contributed by atoms with Gasteiger partial charge in [-0.3, -0.25) is 4.79 Å². The van der Waals surface area contributed by atoms with Crippen molar-refractivity contribution >= 4 is 27.7 Å². The Morgan fingerprint density at radius 3 is 2.50 bits per heavy atom. The van der Waals surface area contributed by atoms with Gasteiger partial charge in [0, 0.05) is 29.7 Å². The lowest BCUT2D eigenvalue weighted by Gasteiger charge is -2.06. The molecule has 0 atom stereocenters. The predicted octanol–water partition coefficient (Wildman–Crippen LogP) is 3.80. The molecular formula is C23H20N4O4S. The summed E-state index contributed by atoms with van der Waals surface area (Å²) in [5.41, 5.74) is 2.26.